The van der Waals surface area contributed by atoms with E-state index in [-0.39, 0.29) is 0 Å². The Bertz CT molecular complexity index is 437. The summed E-state index contributed by atoms with van der Waals surface area (Å²) in [6, 6.07) is 13.6. The minimum Gasteiger partial charge on any atom is -0.389 e. The van der Waals surface area contributed by atoms with Crippen LogP contribution in [0.3, 0.4) is 0 Å². The Morgan fingerprint density at radius 3 is 2.47 bits per heavy atom. The Labute approximate surface area is 89.2 Å². The van der Waals surface area contributed by atoms with Crippen LogP contribution in [0.15, 0.2) is 48.7 Å². The van der Waals surface area contributed by atoms with E-state index in [2.05, 4.69) is 4.98 Å². The monoisotopic (exact) mass is 199 g/mol. The molecule has 2 aromatic rings. The predicted octanol–water partition coefficient (Wildman–Crippen LogP) is 2.80. The summed E-state index contributed by atoms with van der Waals surface area (Å²) in [6.45, 7) is 1.77. The molecule has 1 aromatic carbocycles. The van der Waals surface area contributed by atoms with Gasteiger partial charge in [-0.25, -0.2) is 0 Å². The largest absolute Gasteiger partial charge is 0.389 e. The molecule has 0 bridgehead atoms. The zero-order valence-corrected chi connectivity index (χ0v) is 8.59. The molecule has 2 nitrogen and oxygen atoms in total. The van der Waals surface area contributed by atoms with Gasteiger partial charge in [0, 0.05) is 11.8 Å². The number of hydrogen-bond acceptors (Lipinski definition) is 2. The number of aromatic nitrogens is 1. The molecule has 0 saturated heterocycles. The van der Waals surface area contributed by atoms with Crippen molar-refractivity contribution >= 4 is 0 Å². The summed E-state index contributed by atoms with van der Waals surface area (Å²) in [6.07, 6.45) is 1.29. The van der Waals surface area contributed by atoms with Crippen LogP contribution < -0.4 is 0 Å². The van der Waals surface area contributed by atoms with Crippen LogP contribution in [-0.4, -0.2) is 10.1 Å². The number of nitrogens with zero attached hydrogens (tertiary/aromatic N) is 1. The number of hydrogen-bond donors (Lipinski definition) is 1. The SMILES string of the molecule is CC(O)c1ccccc1-c1ccccn1. The van der Waals surface area contributed by atoms with Crippen molar-refractivity contribution in [1.82, 2.24) is 4.98 Å². The first kappa shape index (κ1) is 9.87. The van der Waals surface area contributed by atoms with Crippen molar-refractivity contribution in [2.24, 2.45) is 0 Å². The second kappa shape index (κ2) is 4.24. The average molecular weight is 199 g/mol. The number of aliphatic hydroxyl groups excluding tert-OH is 1. The topological polar surface area (TPSA) is 33.1 Å². The van der Waals surface area contributed by atoms with Gasteiger partial charge in [-0.15, -0.1) is 0 Å². The average Bonchev–Trinajstić information content (AvgIpc) is 2.30. The minimum absolute atomic E-state index is 0.469. The van der Waals surface area contributed by atoms with E-state index in [9.17, 15) is 5.11 Å². The second-order valence-electron chi connectivity index (χ2n) is 3.48. The van der Waals surface area contributed by atoms with Crippen molar-refractivity contribution in [3.63, 3.8) is 0 Å². The summed E-state index contributed by atoms with van der Waals surface area (Å²) in [4.78, 5) is 4.28. The Balaban J connectivity index is 2.53. The van der Waals surface area contributed by atoms with Gasteiger partial charge in [-0.05, 0) is 24.6 Å². The first-order valence-electron chi connectivity index (χ1n) is 4.97. The Kier molecular flexibility index (Phi) is 2.79. The lowest BCUT2D eigenvalue weighted by Gasteiger charge is -2.10. The molecule has 0 aliphatic rings. The Morgan fingerprint density at radius 1 is 1.07 bits per heavy atom. The van der Waals surface area contributed by atoms with E-state index in [1.807, 2.05) is 42.5 Å². The molecule has 0 amide bonds. The molecule has 0 aliphatic heterocycles. The van der Waals surface area contributed by atoms with E-state index in [0.29, 0.717) is 0 Å². The second-order valence-corrected chi connectivity index (χ2v) is 3.48. The van der Waals surface area contributed by atoms with Crippen LogP contribution in [0.4, 0.5) is 0 Å². The molecular weight excluding hydrogens is 186 g/mol. The first-order valence-corrected chi connectivity index (χ1v) is 4.97. The molecule has 0 spiro atoms. The van der Waals surface area contributed by atoms with E-state index in [1.165, 1.54) is 0 Å². The van der Waals surface area contributed by atoms with E-state index in [0.717, 1.165) is 16.8 Å². The highest BCUT2D eigenvalue weighted by atomic mass is 16.3. The summed E-state index contributed by atoms with van der Waals surface area (Å²) in [5.74, 6) is 0. The summed E-state index contributed by atoms with van der Waals surface area (Å²) < 4.78 is 0. The zero-order valence-electron chi connectivity index (χ0n) is 8.59. The highest BCUT2D eigenvalue weighted by Crippen LogP contribution is 2.25. The molecular formula is C13H13NO. The van der Waals surface area contributed by atoms with Gasteiger partial charge in [-0.3, -0.25) is 4.98 Å². The molecule has 2 heteroatoms. The van der Waals surface area contributed by atoms with Gasteiger partial charge >= 0.3 is 0 Å². The smallest absolute Gasteiger partial charge is 0.0768 e. The lowest BCUT2D eigenvalue weighted by molar-refractivity contribution is 0.200. The standard InChI is InChI=1S/C13H13NO/c1-10(15)11-6-2-3-7-12(11)13-8-4-5-9-14-13/h2-10,15H,1H3. The van der Waals surface area contributed by atoms with Crippen LogP contribution in [0.25, 0.3) is 11.3 Å². The number of rotatable bonds is 2. The Hall–Kier alpha value is -1.67. The molecule has 76 valence electrons. The molecule has 0 fully saturated rings. The van der Waals surface area contributed by atoms with Crippen molar-refractivity contribution in [3.8, 4) is 11.3 Å². The third-order valence-corrected chi connectivity index (χ3v) is 2.35. The lowest BCUT2D eigenvalue weighted by atomic mass is 10.0. The first-order chi connectivity index (χ1) is 7.29. The molecule has 1 N–H and O–H groups in total. The van der Waals surface area contributed by atoms with Gasteiger partial charge in [0.15, 0.2) is 0 Å². The zero-order chi connectivity index (χ0) is 10.7. The van der Waals surface area contributed by atoms with Gasteiger partial charge < -0.3 is 5.11 Å². The van der Waals surface area contributed by atoms with E-state index in [4.69, 9.17) is 0 Å². The molecule has 1 aromatic heterocycles. The molecule has 0 saturated carbocycles. The van der Waals surface area contributed by atoms with Crippen molar-refractivity contribution in [2.45, 2.75) is 13.0 Å². The third kappa shape index (κ3) is 2.05. The summed E-state index contributed by atoms with van der Waals surface area (Å²) in [5.41, 5.74) is 2.80. The van der Waals surface area contributed by atoms with Crippen molar-refractivity contribution < 1.29 is 5.11 Å². The Morgan fingerprint density at radius 2 is 1.80 bits per heavy atom. The lowest BCUT2D eigenvalue weighted by Crippen LogP contribution is -1.95. The van der Waals surface area contributed by atoms with Gasteiger partial charge in [0.25, 0.3) is 0 Å². The number of pyridine rings is 1. The van der Waals surface area contributed by atoms with Gasteiger partial charge in [0.2, 0.25) is 0 Å². The third-order valence-electron chi connectivity index (χ3n) is 2.35. The van der Waals surface area contributed by atoms with Crippen molar-refractivity contribution in [3.05, 3.63) is 54.2 Å². The molecule has 2 rings (SSSR count). The van der Waals surface area contributed by atoms with Crippen molar-refractivity contribution in [1.29, 1.82) is 0 Å². The van der Waals surface area contributed by atoms with Crippen LogP contribution in [-0.2, 0) is 0 Å². The van der Waals surface area contributed by atoms with Crippen LogP contribution in [0.5, 0.6) is 0 Å². The fourth-order valence-electron chi connectivity index (χ4n) is 1.62. The fraction of sp³-hybridized carbons (Fsp3) is 0.154. The highest BCUT2D eigenvalue weighted by molar-refractivity contribution is 5.63. The number of benzene rings is 1. The number of aliphatic hydroxyl groups is 1. The molecule has 15 heavy (non-hydrogen) atoms. The van der Waals surface area contributed by atoms with Gasteiger partial charge in [-0.2, -0.15) is 0 Å². The van der Waals surface area contributed by atoms with Gasteiger partial charge in [0.05, 0.1) is 11.8 Å². The van der Waals surface area contributed by atoms with E-state index < -0.39 is 6.10 Å². The fourth-order valence-corrected chi connectivity index (χ4v) is 1.62. The van der Waals surface area contributed by atoms with Crippen LogP contribution >= 0.6 is 0 Å². The predicted molar refractivity (Wildman–Crippen MR) is 60.3 cm³/mol. The molecule has 1 heterocycles. The maximum absolute atomic E-state index is 9.64. The quantitative estimate of drug-likeness (QED) is 0.806. The summed E-state index contributed by atoms with van der Waals surface area (Å²) in [7, 11) is 0. The summed E-state index contributed by atoms with van der Waals surface area (Å²) in [5, 5.41) is 9.64. The van der Waals surface area contributed by atoms with Crippen LogP contribution in [0, 0.1) is 0 Å². The van der Waals surface area contributed by atoms with Gasteiger partial charge in [0.1, 0.15) is 0 Å². The van der Waals surface area contributed by atoms with E-state index >= 15 is 0 Å². The van der Waals surface area contributed by atoms with Gasteiger partial charge in [-0.1, -0.05) is 30.3 Å². The maximum atomic E-state index is 9.64. The van der Waals surface area contributed by atoms with E-state index in [1.54, 1.807) is 13.1 Å². The minimum atomic E-state index is -0.469. The normalized spacial score (nSPS) is 12.4. The van der Waals surface area contributed by atoms with Crippen LogP contribution in [0.2, 0.25) is 0 Å². The maximum Gasteiger partial charge on any atom is 0.0768 e. The highest BCUT2D eigenvalue weighted by Gasteiger charge is 2.08. The van der Waals surface area contributed by atoms with Crippen LogP contribution in [0.1, 0.15) is 18.6 Å². The molecule has 0 aliphatic carbocycles. The molecule has 1 unspecified atom stereocenters. The molecule has 0 radical (unpaired) electrons. The molecule has 1 atom stereocenters. The summed E-state index contributed by atoms with van der Waals surface area (Å²) >= 11 is 0. The van der Waals surface area contributed by atoms with Crippen molar-refractivity contribution in [2.75, 3.05) is 0 Å².